The second kappa shape index (κ2) is 10.1. The number of benzene rings is 3. The summed E-state index contributed by atoms with van der Waals surface area (Å²) in [4.78, 5) is 28.1. The van der Waals surface area contributed by atoms with E-state index in [9.17, 15) is 14.9 Å². The predicted molar refractivity (Wildman–Crippen MR) is 134 cm³/mol. The van der Waals surface area contributed by atoms with Crippen molar-refractivity contribution in [1.29, 1.82) is 0 Å². The summed E-state index contributed by atoms with van der Waals surface area (Å²) in [5.41, 5.74) is 5.88. The molecule has 1 aliphatic rings. The number of nitrogens with zero attached hydrogens (tertiary/aromatic N) is 3. The summed E-state index contributed by atoms with van der Waals surface area (Å²) in [5.74, 6) is -0.231. The molecule has 3 aromatic rings. The first-order valence-corrected chi connectivity index (χ1v) is 11.4. The summed E-state index contributed by atoms with van der Waals surface area (Å²) < 4.78 is 0. The largest absolute Gasteiger partial charge is 0.378 e. The number of amides is 1. The molecule has 0 fully saturated rings. The fourth-order valence-corrected chi connectivity index (χ4v) is 4.53. The number of fused-ring (bicyclic) bond motifs is 1. The number of nitro groups is 1. The molecule has 34 heavy (non-hydrogen) atoms. The number of anilines is 1. The van der Waals surface area contributed by atoms with E-state index in [1.807, 2.05) is 14.1 Å². The van der Waals surface area contributed by atoms with Crippen LogP contribution in [0.4, 0.5) is 11.4 Å². The number of nitrogens with one attached hydrogen (secondary N) is 1. The number of aryl methyl sites for hydroxylation is 1. The van der Waals surface area contributed by atoms with Crippen LogP contribution in [-0.4, -0.2) is 42.9 Å². The third kappa shape index (κ3) is 5.10. The van der Waals surface area contributed by atoms with E-state index in [-0.39, 0.29) is 17.6 Å². The maximum absolute atomic E-state index is 12.9. The Kier molecular flexibility index (Phi) is 6.93. The summed E-state index contributed by atoms with van der Waals surface area (Å²) in [5, 5.41) is 14.2. The molecule has 1 aliphatic heterocycles. The van der Waals surface area contributed by atoms with E-state index in [0.717, 1.165) is 30.8 Å². The van der Waals surface area contributed by atoms with Gasteiger partial charge >= 0.3 is 0 Å². The summed E-state index contributed by atoms with van der Waals surface area (Å²) >= 11 is 0. The van der Waals surface area contributed by atoms with Crippen molar-refractivity contribution in [3.63, 3.8) is 0 Å². The molecule has 176 valence electrons. The second-order valence-electron chi connectivity index (χ2n) is 8.96. The average molecular weight is 459 g/mol. The van der Waals surface area contributed by atoms with Crippen molar-refractivity contribution in [2.75, 3.05) is 32.1 Å². The average Bonchev–Trinajstić information content (AvgIpc) is 2.84. The monoisotopic (exact) mass is 458 g/mol. The first-order valence-electron chi connectivity index (χ1n) is 11.4. The van der Waals surface area contributed by atoms with Gasteiger partial charge in [0.15, 0.2) is 0 Å². The highest BCUT2D eigenvalue weighted by Gasteiger charge is 2.26. The maximum Gasteiger partial charge on any atom is 0.272 e. The molecule has 7 heteroatoms. The van der Waals surface area contributed by atoms with Crippen LogP contribution >= 0.6 is 0 Å². The maximum atomic E-state index is 12.9. The molecule has 1 unspecified atom stereocenters. The number of hydrogen-bond acceptors (Lipinski definition) is 5. The summed E-state index contributed by atoms with van der Waals surface area (Å²) in [6, 6.07) is 21.5. The lowest BCUT2D eigenvalue weighted by Gasteiger charge is -2.36. The third-order valence-corrected chi connectivity index (χ3v) is 6.51. The minimum Gasteiger partial charge on any atom is -0.378 e. The Morgan fingerprint density at radius 2 is 1.79 bits per heavy atom. The van der Waals surface area contributed by atoms with Crippen LogP contribution in [0.1, 0.15) is 38.7 Å². The number of carbonyl (C=O) groups excluding carboxylic acids is 1. The van der Waals surface area contributed by atoms with Gasteiger partial charge in [-0.25, -0.2) is 0 Å². The molecular formula is C27H30N4O3. The van der Waals surface area contributed by atoms with E-state index >= 15 is 0 Å². The molecule has 0 saturated carbocycles. The zero-order valence-corrected chi connectivity index (χ0v) is 19.8. The van der Waals surface area contributed by atoms with Crippen LogP contribution in [0, 0.1) is 17.0 Å². The number of nitro benzene ring substituents is 1. The van der Waals surface area contributed by atoms with Crippen LogP contribution < -0.4 is 10.2 Å². The number of carbonyl (C=O) groups is 1. The number of hydrogen-bond donors (Lipinski definition) is 1. The molecule has 1 atom stereocenters. The molecule has 3 aromatic carbocycles. The SMILES string of the molecule is Cc1cc(C(=O)NCC(c2ccc(N(C)C)cc2)N2CCc3ccccc3C2)ccc1[N+](=O)[O-]. The Labute approximate surface area is 200 Å². The molecule has 0 radical (unpaired) electrons. The van der Waals surface area contributed by atoms with Crippen molar-refractivity contribution in [2.24, 2.45) is 0 Å². The molecule has 7 nitrogen and oxygen atoms in total. The van der Waals surface area contributed by atoms with E-state index in [1.54, 1.807) is 13.0 Å². The zero-order valence-electron chi connectivity index (χ0n) is 19.8. The van der Waals surface area contributed by atoms with E-state index in [1.165, 1.54) is 23.3 Å². The van der Waals surface area contributed by atoms with Crippen LogP contribution in [0.2, 0.25) is 0 Å². The van der Waals surface area contributed by atoms with E-state index in [0.29, 0.717) is 17.7 Å². The van der Waals surface area contributed by atoms with Gasteiger partial charge in [-0.3, -0.25) is 19.8 Å². The second-order valence-corrected chi connectivity index (χ2v) is 8.96. The molecule has 1 N–H and O–H groups in total. The molecule has 1 amide bonds. The fourth-order valence-electron chi connectivity index (χ4n) is 4.53. The van der Waals surface area contributed by atoms with Crippen molar-refractivity contribution in [2.45, 2.75) is 25.9 Å². The quantitative estimate of drug-likeness (QED) is 0.417. The van der Waals surface area contributed by atoms with Gasteiger partial charge in [0, 0.05) is 56.6 Å². The van der Waals surface area contributed by atoms with Crippen molar-refractivity contribution < 1.29 is 9.72 Å². The molecule has 0 bridgehead atoms. The molecule has 0 aliphatic carbocycles. The molecular weight excluding hydrogens is 428 g/mol. The van der Waals surface area contributed by atoms with Crippen molar-refractivity contribution in [3.05, 3.63) is 105 Å². The Morgan fingerprint density at radius 3 is 2.44 bits per heavy atom. The zero-order chi connectivity index (χ0) is 24.2. The van der Waals surface area contributed by atoms with Gasteiger partial charge < -0.3 is 10.2 Å². The lowest BCUT2D eigenvalue weighted by atomic mass is 9.96. The molecule has 1 heterocycles. The highest BCUT2D eigenvalue weighted by molar-refractivity contribution is 5.94. The molecule has 0 aromatic heterocycles. The Balaban J connectivity index is 1.55. The van der Waals surface area contributed by atoms with Crippen LogP contribution in [0.25, 0.3) is 0 Å². The summed E-state index contributed by atoms with van der Waals surface area (Å²) in [7, 11) is 4.03. The Morgan fingerprint density at radius 1 is 1.09 bits per heavy atom. The van der Waals surface area contributed by atoms with Gasteiger partial charge in [0.1, 0.15) is 0 Å². The van der Waals surface area contributed by atoms with E-state index < -0.39 is 4.92 Å². The highest BCUT2D eigenvalue weighted by atomic mass is 16.6. The fraction of sp³-hybridized carbons (Fsp3) is 0.296. The summed E-state index contributed by atoms with van der Waals surface area (Å²) in [6.07, 6.45) is 0.970. The minimum absolute atomic E-state index is 0.00710. The smallest absolute Gasteiger partial charge is 0.272 e. The van der Waals surface area contributed by atoms with Gasteiger partial charge in [0.05, 0.1) is 11.0 Å². The molecule has 4 rings (SSSR count). The Bertz CT molecular complexity index is 1190. The molecule has 0 spiro atoms. The van der Waals surface area contributed by atoms with Crippen LogP contribution in [0.15, 0.2) is 66.7 Å². The predicted octanol–water partition coefficient (Wildman–Crippen LogP) is 4.50. The Hall–Kier alpha value is -3.71. The van der Waals surface area contributed by atoms with Gasteiger partial charge in [0.25, 0.3) is 11.6 Å². The van der Waals surface area contributed by atoms with Crippen molar-refractivity contribution in [1.82, 2.24) is 10.2 Å². The standard InChI is InChI=1S/C27H30N4O3/c1-19-16-22(10-13-25(19)31(33)34)27(32)28-17-26(21-8-11-24(12-9-21)29(2)3)30-15-14-20-6-4-5-7-23(20)18-30/h4-13,16,26H,14-15,17-18H2,1-3H3,(H,28,32). The van der Waals surface area contributed by atoms with Gasteiger partial charge in [0.2, 0.25) is 0 Å². The molecule has 0 saturated heterocycles. The van der Waals surface area contributed by atoms with Gasteiger partial charge in [-0.05, 0) is 54.3 Å². The van der Waals surface area contributed by atoms with E-state index in [2.05, 4.69) is 63.6 Å². The minimum atomic E-state index is -0.432. The van der Waals surface area contributed by atoms with Gasteiger partial charge in [-0.1, -0.05) is 36.4 Å². The van der Waals surface area contributed by atoms with Crippen LogP contribution in [0.3, 0.4) is 0 Å². The lowest BCUT2D eigenvalue weighted by molar-refractivity contribution is -0.385. The normalized spacial score (nSPS) is 14.2. The van der Waals surface area contributed by atoms with Crippen molar-refractivity contribution >= 4 is 17.3 Å². The lowest BCUT2D eigenvalue weighted by Crippen LogP contribution is -2.40. The van der Waals surface area contributed by atoms with Crippen molar-refractivity contribution in [3.8, 4) is 0 Å². The van der Waals surface area contributed by atoms with E-state index in [4.69, 9.17) is 0 Å². The first-order chi connectivity index (χ1) is 16.3. The first kappa shape index (κ1) is 23.4. The topological polar surface area (TPSA) is 78.7 Å². The highest BCUT2D eigenvalue weighted by Crippen LogP contribution is 2.29. The van der Waals surface area contributed by atoms with Gasteiger partial charge in [-0.15, -0.1) is 0 Å². The van der Waals surface area contributed by atoms with Gasteiger partial charge in [-0.2, -0.15) is 0 Å². The van der Waals surface area contributed by atoms with Crippen LogP contribution in [-0.2, 0) is 13.0 Å². The third-order valence-electron chi connectivity index (χ3n) is 6.51. The number of rotatable bonds is 7. The summed E-state index contributed by atoms with van der Waals surface area (Å²) in [6.45, 7) is 3.82. The van der Waals surface area contributed by atoms with Crippen LogP contribution in [0.5, 0.6) is 0 Å².